The first-order chi connectivity index (χ1) is 22.2. The van der Waals surface area contributed by atoms with Gasteiger partial charge in [-0.05, 0) is 48.8 Å². The molecule has 2 aromatic rings. The van der Waals surface area contributed by atoms with Crippen LogP contribution in [0.25, 0.3) is 0 Å². The van der Waals surface area contributed by atoms with Gasteiger partial charge >= 0.3 is 0 Å². The molecular weight excluding hydrogens is 620 g/mol. The highest BCUT2D eigenvalue weighted by molar-refractivity contribution is 7.92. The number of rotatable bonds is 20. The highest BCUT2D eigenvalue weighted by Gasteiger charge is 2.40. The van der Waals surface area contributed by atoms with E-state index in [1.165, 1.54) is 18.5 Å². The average Bonchev–Trinajstić information content (AvgIpc) is 3.03. The van der Waals surface area contributed by atoms with E-state index in [0.29, 0.717) is 25.7 Å². The first-order valence-corrected chi connectivity index (χ1v) is 18.3. The van der Waals surface area contributed by atoms with Crippen LogP contribution in [0.15, 0.2) is 54.9 Å². The van der Waals surface area contributed by atoms with Gasteiger partial charge in [0, 0.05) is 18.9 Å². The molecule has 0 aliphatic heterocycles. The third-order valence-corrected chi connectivity index (χ3v) is 10.5. The lowest BCUT2D eigenvalue weighted by molar-refractivity contribution is -0.137. The van der Waals surface area contributed by atoms with Crippen molar-refractivity contribution in [1.29, 1.82) is 0 Å². The summed E-state index contributed by atoms with van der Waals surface area (Å²) >= 11 is 0. The van der Waals surface area contributed by atoms with E-state index in [-0.39, 0.29) is 30.4 Å². The van der Waals surface area contributed by atoms with Crippen molar-refractivity contribution in [2.45, 2.75) is 110 Å². The number of hydrogen-bond acceptors (Lipinski definition) is 8. The van der Waals surface area contributed by atoms with Gasteiger partial charge in [0.15, 0.2) is 9.84 Å². The minimum absolute atomic E-state index is 0.0581. The van der Waals surface area contributed by atoms with E-state index in [1.54, 1.807) is 19.9 Å². The number of benzene rings is 1. The Morgan fingerprint density at radius 1 is 0.851 bits per heavy atom. The lowest BCUT2D eigenvalue weighted by Crippen LogP contribution is -2.59. The number of pyridine rings is 1. The lowest BCUT2D eigenvalue weighted by atomic mass is 9.83. The van der Waals surface area contributed by atoms with E-state index in [4.69, 9.17) is 0 Å². The van der Waals surface area contributed by atoms with Gasteiger partial charge in [-0.1, -0.05) is 84.7 Å². The third-order valence-electron chi connectivity index (χ3n) is 8.19. The number of carbonyl (C=O) groups is 3. The first kappa shape index (κ1) is 39.8. The molecule has 3 amide bonds. The van der Waals surface area contributed by atoms with E-state index in [1.807, 2.05) is 58.0 Å². The number of aliphatic hydroxyl groups is 2. The molecule has 5 atom stereocenters. The summed E-state index contributed by atoms with van der Waals surface area (Å²) in [6, 6.07) is 9.80. The summed E-state index contributed by atoms with van der Waals surface area (Å²) in [7, 11) is -3.84. The predicted octanol–water partition coefficient (Wildman–Crippen LogP) is 3.40. The van der Waals surface area contributed by atoms with Crippen molar-refractivity contribution in [3.63, 3.8) is 0 Å². The third kappa shape index (κ3) is 12.6. The maximum Gasteiger partial charge on any atom is 0.253 e. The van der Waals surface area contributed by atoms with Crippen molar-refractivity contribution in [3.05, 3.63) is 66.0 Å². The summed E-state index contributed by atoms with van der Waals surface area (Å²) in [5, 5.41) is 30.3. The van der Waals surface area contributed by atoms with E-state index in [2.05, 4.69) is 20.9 Å². The van der Waals surface area contributed by atoms with Gasteiger partial charge in [-0.3, -0.25) is 19.4 Å². The van der Waals surface area contributed by atoms with Crippen LogP contribution in [0.2, 0.25) is 0 Å². The van der Waals surface area contributed by atoms with Gasteiger partial charge in [0.2, 0.25) is 11.8 Å². The number of carbonyl (C=O) groups excluding carboxylic acids is 3. The number of nitrogens with zero attached hydrogens (tertiary/aromatic N) is 1. The molecule has 0 bridgehead atoms. The summed E-state index contributed by atoms with van der Waals surface area (Å²) in [6.07, 6.45) is 2.00. The Balaban J connectivity index is 2.35. The van der Waals surface area contributed by atoms with Gasteiger partial charge in [-0.25, -0.2) is 8.42 Å². The second-order valence-electron chi connectivity index (χ2n) is 13.0. The fraction of sp³-hybridized carbons (Fsp3) is 0.600. The van der Waals surface area contributed by atoms with Gasteiger partial charge in [-0.15, -0.1) is 0 Å². The van der Waals surface area contributed by atoms with Crippen molar-refractivity contribution in [3.8, 4) is 0 Å². The quantitative estimate of drug-likeness (QED) is 0.142. The van der Waals surface area contributed by atoms with E-state index in [9.17, 15) is 33.0 Å². The lowest BCUT2D eigenvalue weighted by Gasteiger charge is -2.35. The van der Waals surface area contributed by atoms with Crippen LogP contribution in [0.3, 0.4) is 0 Å². The topological polar surface area (TPSA) is 175 Å². The summed E-state index contributed by atoms with van der Waals surface area (Å²) in [5.41, 5.74) is 1.02. The Morgan fingerprint density at radius 3 is 2.02 bits per heavy atom. The Bertz CT molecular complexity index is 1350. The molecule has 0 aliphatic carbocycles. The molecule has 0 fully saturated rings. The maximum atomic E-state index is 13.9. The van der Waals surface area contributed by atoms with E-state index in [0.717, 1.165) is 5.56 Å². The van der Waals surface area contributed by atoms with E-state index < -0.39 is 68.8 Å². The Morgan fingerprint density at radius 2 is 1.49 bits per heavy atom. The molecule has 5 N–H and O–H groups in total. The van der Waals surface area contributed by atoms with Crippen LogP contribution >= 0.6 is 0 Å². The van der Waals surface area contributed by atoms with Crippen molar-refractivity contribution < 1.29 is 33.0 Å². The molecule has 1 aromatic heterocycles. The van der Waals surface area contributed by atoms with Gasteiger partial charge in [0.1, 0.15) is 12.1 Å². The van der Waals surface area contributed by atoms with Gasteiger partial charge in [0.05, 0.1) is 34.6 Å². The molecular formula is C35H54N4O7S. The molecule has 262 valence electrons. The monoisotopic (exact) mass is 674 g/mol. The van der Waals surface area contributed by atoms with Crippen LogP contribution in [-0.2, 0) is 26.0 Å². The first-order valence-electron chi connectivity index (χ1n) is 16.6. The number of aliphatic hydroxyl groups excluding tert-OH is 2. The van der Waals surface area contributed by atoms with Crippen molar-refractivity contribution in [1.82, 2.24) is 20.9 Å². The maximum absolute atomic E-state index is 13.9. The van der Waals surface area contributed by atoms with Gasteiger partial charge < -0.3 is 26.2 Å². The summed E-state index contributed by atoms with van der Waals surface area (Å²) in [4.78, 5) is 44.2. The van der Waals surface area contributed by atoms with Crippen molar-refractivity contribution in [2.24, 2.45) is 17.8 Å². The van der Waals surface area contributed by atoms with Crippen LogP contribution < -0.4 is 16.0 Å². The summed E-state index contributed by atoms with van der Waals surface area (Å²) in [6.45, 7) is 11.3. The molecule has 2 rings (SSSR count). The molecule has 0 saturated heterocycles. The van der Waals surface area contributed by atoms with Crippen LogP contribution in [0.4, 0.5) is 0 Å². The highest BCUT2D eigenvalue weighted by Crippen LogP contribution is 2.23. The molecule has 11 nitrogen and oxygen atoms in total. The number of amides is 3. The fourth-order valence-corrected chi connectivity index (χ4v) is 7.88. The highest BCUT2D eigenvalue weighted by atomic mass is 32.2. The zero-order valence-electron chi connectivity index (χ0n) is 28.6. The number of sulfone groups is 1. The predicted molar refractivity (Wildman–Crippen MR) is 183 cm³/mol. The SMILES string of the molecule is CCCC(CCC)S(=O)(=O)CC(NC(=O)c1cccnc1)C(=O)NC(CC(C)C)C(O)C(O)C(C(=O)NCc1ccccc1)C(C)C. The van der Waals surface area contributed by atoms with Crippen molar-refractivity contribution in [2.75, 3.05) is 5.75 Å². The number of nitrogens with one attached hydrogen (secondary N) is 3. The number of hydrogen-bond donors (Lipinski definition) is 5. The fourth-order valence-electron chi connectivity index (χ4n) is 5.72. The molecule has 0 radical (unpaired) electrons. The second-order valence-corrected chi connectivity index (χ2v) is 15.3. The number of aromatic nitrogens is 1. The smallest absolute Gasteiger partial charge is 0.253 e. The van der Waals surface area contributed by atoms with Gasteiger partial charge in [0.25, 0.3) is 5.91 Å². The molecule has 1 aromatic carbocycles. The van der Waals surface area contributed by atoms with Gasteiger partial charge in [-0.2, -0.15) is 0 Å². The molecule has 0 aliphatic rings. The van der Waals surface area contributed by atoms with E-state index >= 15 is 0 Å². The average molecular weight is 675 g/mol. The Kier molecular flexibility index (Phi) is 16.5. The summed E-state index contributed by atoms with van der Waals surface area (Å²) < 4.78 is 27.1. The van der Waals surface area contributed by atoms with Crippen LogP contribution in [0, 0.1) is 17.8 Å². The zero-order chi connectivity index (χ0) is 35.1. The van der Waals surface area contributed by atoms with Crippen LogP contribution in [-0.4, -0.2) is 76.6 Å². The normalized spacial score (nSPS) is 15.1. The Hall–Kier alpha value is -3.35. The second kappa shape index (κ2) is 19.5. The Labute approximate surface area is 280 Å². The summed E-state index contributed by atoms with van der Waals surface area (Å²) in [5.74, 6) is -4.01. The zero-order valence-corrected chi connectivity index (χ0v) is 29.4. The molecule has 0 spiro atoms. The molecule has 47 heavy (non-hydrogen) atoms. The van der Waals surface area contributed by atoms with Crippen LogP contribution in [0.5, 0.6) is 0 Å². The molecule has 1 heterocycles. The minimum atomic E-state index is -3.84. The van der Waals surface area contributed by atoms with Crippen molar-refractivity contribution >= 4 is 27.6 Å². The molecule has 0 saturated carbocycles. The molecule has 5 unspecified atom stereocenters. The molecule has 12 heteroatoms. The van der Waals surface area contributed by atoms with Crippen LogP contribution in [0.1, 0.15) is 89.6 Å². The largest absolute Gasteiger partial charge is 0.390 e. The minimum Gasteiger partial charge on any atom is -0.390 e. The standard InChI is InChI=1S/C35H54N4O7S/c1-7-13-27(14-8-2)47(45,46)22-29(39-33(42)26-17-12-18-36-21-26)34(43)38-28(19-23(3)4)31(40)32(41)30(24(5)6)35(44)37-20-25-15-10-9-11-16-25/h9-12,15-18,21,23-24,27-32,40-41H,7-8,13-14,19-20,22H2,1-6H3,(H,37,44)(H,38,43)(H,39,42).